The van der Waals surface area contributed by atoms with E-state index in [4.69, 9.17) is 22.4 Å². The Morgan fingerprint density at radius 1 is 1.67 bits per heavy atom. The van der Waals surface area contributed by atoms with Crippen molar-refractivity contribution in [2.24, 2.45) is 5.73 Å². The summed E-state index contributed by atoms with van der Waals surface area (Å²) in [5, 5.41) is 10.6. The molecule has 0 aliphatic heterocycles. The molecule has 0 radical (unpaired) electrons. The first-order chi connectivity index (χ1) is 5.49. The molecule has 70 valence electrons. The zero-order valence-corrected chi connectivity index (χ0v) is 7.34. The first-order valence-corrected chi connectivity index (χ1v) is 3.87. The molecule has 0 rings (SSSR count). The molecule has 0 aromatic rings. The first-order valence-electron chi connectivity index (χ1n) is 3.33. The molecule has 12 heavy (non-hydrogen) atoms. The SMILES string of the molecule is C[C@H](NC(=O)[C@@H](N)CCl)C(=O)O. The Morgan fingerprint density at radius 2 is 2.17 bits per heavy atom. The van der Waals surface area contributed by atoms with Crippen LogP contribution in [0.5, 0.6) is 0 Å². The van der Waals surface area contributed by atoms with Gasteiger partial charge in [0.05, 0.1) is 6.04 Å². The summed E-state index contributed by atoms with van der Waals surface area (Å²) in [5.74, 6) is -1.69. The van der Waals surface area contributed by atoms with E-state index in [1.165, 1.54) is 6.92 Å². The summed E-state index contributed by atoms with van der Waals surface area (Å²) in [7, 11) is 0. The normalized spacial score (nSPS) is 14.9. The highest BCUT2D eigenvalue weighted by molar-refractivity contribution is 6.19. The van der Waals surface area contributed by atoms with Crippen LogP contribution in [0.1, 0.15) is 6.92 Å². The summed E-state index contributed by atoms with van der Waals surface area (Å²) in [6.45, 7) is 1.35. The first kappa shape index (κ1) is 11.2. The van der Waals surface area contributed by atoms with Crippen LogP contribution in [-0.2, 0) is 9.59 Å². The molecule has 4 N–H and O–H groups in total. The predicted octanol–water partition coefficient (Wildman–Crippen LogP) is -0.858. The average Bonchev–Trinajstić information content (AvgIpc) is 2.02. The van der Waals surface area contributed by atoms with Gasteiger partial charge in [-0.3, -0.25) is 9.59 Å². The van der Waals surface area contributed by atoms with Crippen molar-refractivity contribution in [1.82, 2.24) is 5.32 Å². The van der Waals surface area contributed by atoms with E-state index in [2.05, 4.69) is 5.32 Å². The number of hydrogen-bond acceptors (Lipinski definition) is 3. The summed E-state index contributed by atoms with van der Waals surface area (Å²) in [6.07, 6.45) is 0. The summed E-state index contributed by atoms with van der Waals surface area (Å²) < 4.78 is 0. The molecule has 0 saturated carbocycles. The minimum absolute atomic E-state index is 0.0296. The predicted molar refractivity (Wildman–Crippen MR) is 43.9 cm³/mol. The third-order valence-electron chi connectivity index (χ3n) is 1.23. The average molecular weight is 195 g/mol. The number of hydrogen-bond donors (Lipinski definition) is 3. The monoisotopic (exact) mass is 194 g/mol. The number of alkyl halides is 1. The number of halogens is 1. The van der Waals surface area contributed by atoms with Gasteiger partial charge in [0, 0.05) is 5.88 Å². The number of carboxylic acids is 1. The molecule has 0 saturated heterocycles. The molecule has 0 bridgehead atoms. The highest BCUT2D eigenvalue weighted by Crippen LogP contribution is 1.87. The van der Waals surface area contributed by atoms with Crippen molar-refractivity contribution >= 4 is 23.5 Å². The lowest BCUT2D eigenvalue weighted by molar-refractivity contribution is -0.141. The minimum atomic E-state index is -1.11. The molecular formula is C6H11ClN2O3. The Hall–Kier alpha value is -0.810. The minimum Gasteiger partial charge on any atom is -0.480 e. The second-order valence-electron chi connectivity index (χ2n) is 2.33. The number of carboxylic acid groups (broad SMARTS) is 1. The summed E-state index contributed by atoms with van der Waals surface area (Å²) in [6, 6.07) is -1.79. The van der Waals surface area contributed by atoms with E-state index in [9.17, 15) is 9.59 Å². The fraction of sp³-hybridized carbons (Fsp3) is 0.667. The number of carbonyl (C=O) groups is 2. The van der Waals surface area contributed by atoms with Crippen LogP contribution in [0.3, 0.4) is 0 Å². The van der Waals surface area contributed by atoms with Crippen molar-refractivity contribution in [3.63, 3.8) is 0 Å². The number of amides is 1. The van der Waals surface area contributed by atoms with Gasteiger partial charge in [0.2, 0.25) is 5.91 Å². The number of nitrogens with two attached hydrogens (primary N) is 1. The molecular weight excluding hydrogens is 184 g/mol. The van der Waals surface area contributed by atoms with Gasteiger partial charge < -0.3 is 16.2 Å². The molecule has 0 aromatic heterocycles. The number of aliphatic carboxylic acids is 1. The Bertz CT molecular complexity index is 186. The lowest BCUT2D eigenvalue weighted by atomic mass is 10.3. The maximum absolute atomic E-state index is 10.9. The molecule has 1 amide bonds. The van der Waals surface area contributed by atoms with E-state index >= 15 is 0 Å². The number of rotatable bonds is 4. The van der Waals surface area contributed by atoms with Gasteiger partial charge >= 0.3 is 5.97 Å². The van der Waals surface area contributed by atoms with Crippen LogP contribution in [0.2, 0.25) is 0 Å². The largest absolute Gasteiger partial charge is 0.480 e. The Morgan fingerprint density at radius 3 is 2.50 bits per heavy atom. The molecule has 2 atom stereocenters. The maximum atomic E-state index is 10.9. The van der Waals surface area contributed by atoms with Gasteiger partial charge in [-0.15, -0.1) is 11.6 Å². The zero-order chi connectivity index (χ0) is 9.72. The van der Waals surface area contributed by atoms with Gasteiger partial charge in [-0.1, -0.05) is 0 Å². The molecule has 0 fully saturated rings. The molecule has 0 spiro atoms. The Balaban J connectivity index is 3.92. The molecule has 0 heterocycles. The fourth-order valence-electron chi connectivity index (χ4n) is 0.452. The lowest BCUT2D eigenvalue weighted by Gasteiger charge is -2.11. The van der Waals surface area contributed by atoms with Crippen LogP contribution in [0, 0.1) is 0 Å². The summed E-state index contributed by atoms with van der Waals surface area (Å²) in [5.41, 5.74) is 5.23. The van der Waals surface area contributed by atoms with E-state index < -0.39 is 24.0 Å². The van der Waals surface area contributed by atoms with Crippen molar-refractivity contribution in [3.05, 3.63) is 0 Å². The van der Waals surface area contributed by atoms with Gasteiger partial charge in [-0.05, 0) is 6.92 Å². The van der Waals surface area contributed by atoms with E-state index in [-0.39, 0.29) is 5.88 Å². The van der Waals surface area contributed by atoms with Crippen molar-refractivity contribution < 1.29 is 14.7 Å². The van der Waals surface area contributed by atoms with Gasteiger partial charge in [-0.25, -0.2) is 0 Å². The van der Waals surface area contributed by atoms with Crippen LogP contribution in [0.4, 0.5) is 0 Å². The van der Waals surface area contributed by atoms with E-state index in [1.807, 2.05) is 0 Å². The third-order valence-corrected chi connectivity index (χ3v) is 1.56. The highest BCUT2D eigenvalue weighted by atomic mass is 35.5. The lowest BCUT2D eigenvalue weighted by Crippen LogP contribution is -2.47. The standard InChI is InChI=1S/C6H11ClN2O3/c1-3(6(11)12)9-5(10)4(8)2-7/h3-4H,2,8H2,1H3,(H,9,10)(H,11,12)/t3-,4-/m0/s1. The molecule has 0 aliphatic rings. The van der Waals surface area contributed by atoms with Gasteiger partial charge in [0.1, 0.15) is 6.04 Å². The van der Waals surface area contributed by atoms with Gasteiger partial charge in [0.25, 0.3) is 0 Å². The maximum Gasteiger partial charge on any atom is 0.325 e. The van der Waals surface area contributed by atoms with Gasteiger partial charge in [0.15, 0.2) is 0 Å². The van der Waals surface area contributed by atoms with E-state index in [0.717, 1.165) is 0 Å². The van der Waals surface area contributed by atoms with Crippen LogP contribution >= 0.6 is 11.6 Å². The van der Waals surface area contributed by atoms with Crippen molar-refractivity contribution in [2.45, 2.75) is 19.0 Å². The molecule has 5 nitrogen and oxygen atoms in total. The molecule has 0 aliphatic carbocycles. The molecule has 0 unspecified atom stereocenters. The quantitative estimate of drug-likeness (QED) is 0.508. The van der Waals surface area contributed by atoms with Crippen LogP contribution in [-0.4, -0.2) is 34.9 Å². The van der Waals surface area contributed by atoms with Gasteiger partial charge in [-0.2, -0.15) is 0 Å². The summed E-state index contributed by atoms with van der Waals surface area (Å²) in [4.78, 5) is 21.2. The third kappa shape index (κ3) is 3.54. The highest BCUT2D eigenvalue weighted by Gasteiger charge is 2.18. The van der Waals surface area contributed by atoms with Crippen LogP contribution < -0.4 is 11.1 Å². The molecule has 0 aromatic carbocycles. The van der Waals surface area contributed by atoms with E-state index in [1.54, 1.807) is 0 Å². The molecule has 6 heteroatoms. The Labute approximate surface area is 74.9 Å². The topological polar surface area (TPSA) is 92.4 Å². The Kier molecular flexibility index (Phi) is 4.61. The van der Waals surface area contributed by atoms with Crippen LogP contribution in [0.25, 0.3) is 0 Å². The van der Waals surface area contributed by atoms with Crippen molar-refractivity contribution in [3.8, 4) is 0 Å². The number of nitrogens with one attached hydrogen (secondary N) is 1. The fourth-order valence-corrected chi connectivity index (χ4v) is 0.592. The van der Waals surface area contributed by atoms with Crippen molar-refractivity contribution in [1.29, 1.82) is 0 Å². The van der Waals surface area contributed by atoms with Crippen LogP contribution in [0.15, 0.2) is 0 Å². The van der Waals surface area contributed by atoms with E-state index in [0.29, 0.717) is 0 Å². The zero-order valence-electron chi connectivity index (χ0n) is 6.58. The second-order valence-corrected chi connectivity index (χ2v) is 2.64. The smallest absolute Gasteiger partial charge is 0.325 e. The van der Waals surface area contributed by atoms with Crippen molar-refractivity contribution in [2.75, 3.05) is 5.88 Å². The summed E-state index contributed by atoms with van der Waals surface area (Å²) >= 11 is 5.28. The number of carbonyl (C=O) groups excluding carboxylic acids is 1. The second kappa shape index (κ2) is 4.95.